The molecule has 1 unspecified atom stereocenters. The molecule has 20 heavy (non-hydrogen) atoms. The number of carbonyl (C=O) groups excluding carboxylic acids is 1. The predicted octanol–water partition coefficient (Wildman–Crippen LogP) is 1.58. The Hall–Kier alpha value is 5.70. The van der Waals surface area contributed by atoms with Crippen LogP contribution in [0.25, 0.3) is 0 Å². The van der Waals surface area contributed by atoms with E-state index in [1.54, 1.807) is 0 Å². The van der Waals surface area contributed by atoms with Gasteiger partial charge in [-0.1, -0.05) is 0 Å². The van der Waals surface area contributed by atoms with Crippen LogP contribution >= 0.6 is 57.8 Å². The zero-order valence-corrected chi connectivity index (χ0v) is 35.1. The Bertz CT molecular complexity index is 207. The van der Waals surface area contributed by atoms with Crippen LogP contribution in [0.5, 0.6) is 0 Å². The van der Waals surface area contributed by atoms with E-state index in [2.05, 4.69) is 53.8 Å². The number of nitrogens with zero attached hydrogens (tertiary/aromatic N) is 2. The number of ether oxygens (including phenoxy) is 1. The molecule has 0 saturated heterocycles. The van der Waals surface area contributed by atoms with E-state index < -0.39 is 10.6 Å². The molecule has 0 aromatic rings. The maximum Gasteiger partial charge on any atom is 0.288 e. The first-order valence-corrected chi connectivity index (χ1v) is 8.90. The fourth-order valence-corrected chi connectivity index (χ4v) is 0.0875. The number of aliphatic hydroxyl groups is 2. The number of hydrogen-bond donors (Lipinski definition) is 2. The molecule has 1 atom stereocenters. The van der Waals surface area contributed by atoms with Gasteiger partial charge < -0.3 is 22.4 Å². The minimum absolute atomic E-state index is 0. The first kappa shape index (κ1) is 56.2. The van der Waals surface area contributed by atoms with Crippen LogP contribution in [0, 0.1) is 143 Å². The zero-order valence-electron chi connectivity index (χ0n) is 11.4. The van der Waals surface area contributed by atoms with E-state index in [1.165, 1.54) is 12.3 Å². The molecular formula is C5H13I2N2O4P2U4V-. The van der Waals surface area contributed by atoms with Gasteiger partial charge >= 0.3 is 0 Å². The molecule has 2 N–H and O–H groups in total. The molecule has 0 spiro atoms. The van der Waals surface area contributed by atoms with Gasteiger partial charge in [0.05, 0.1) is 1.28 Å². The van der Waals surface area contributed by atoms with Gasteiger partial charge in [0.25, 0.3) is 6.26 Å². The molecule has 0 saturated carbocycles. The van der Waals surface area contributed by atoms with Crippen molar-refractivity contribution in [3.05, 3.63) is 7.43 Å². The Kier molecular flexibility index (Phi) is 242. The quantitative estimate of drug-likeness (QED) is 0.0641. The van der Waals surface area contributed by atoms with Crippen LogP contribution in [0.1, 0.15) is 0 Å². The number of rotatable bonds is 2. The van der Waals surface area contributed by atoms with Crippen molar-refractivity contribution in [3.8, 4) is 6.26 Å². The van der Waals surface area contributed by atoms with Crippen molar-refractivity contribution < 1.29 is 163 Å². The van der Waals surface area contributed by atoms with Crippen molar-refractivity contribution in [1.82, 2.24) is 0 Å². The minimum atomic E-state index is -0.750. The number of aliphatic imine (C=N–C) groups is 1. The first-order valence-electron chi connectivity index (χ1n) is 2.88. The summed E-state index contributed by atoms with van der Waals surface area (Å²) in [6.45, 7) is -0.972. The smallest absolute Gasteiger partial charge is 0.288 e. The average molecular weight is 1480 g/mol. The van der Waals surface area contributed by atoms with E-state index in [0.29, 0.717) is 0 Å². The van der Waals surface area contributed by atoms with Crippen LogP contribution in [0.4, 0.5) is 0 Å². The fraction of sp³-hybridized carbons (Fsp3) is 0.400. The van der Waals surface area contributed by atoms with Crippen LogP contribution in [0.3, 0.4) is 0 Å². The van der Waals surface area contributed by atoms with Crippen LogP contribution in [0.15, 0.2) is 4.99 Å². The Labute approximate surface area is 259 Å². The summed E-state index contributed by atoms with van der Waals surface area (Å²) in [5.74, 6) is 0. The maximum atomic E-state index is 9.20. The normalized spacial score (nSPS) is 4.70. The van der Waals surface area contributed by atoms with Gasteiger partial charge in [0.2, 0.25) is 12.8 Å². The Morgan fingerprint density at radius 2 is 1.55 bits per heavy atom. The molecule has 113 valence electrons. The fourth-order valence-electron chi connectivity index (χ4n) is 0.0875. The summed E-state index contributed by atoms with van der Waals surface area (Å²) in [7, 11) is 0. The van der Waals surface area contributed by atoms with E-state index in [1.807, 2.05) is 0 Å². The molecule has 0 heterocycles. The van der Waals surface area contributed by atoms with Crippen molar-refractivity contribution in [2.45, 2.75) is 0 Å². The molecule has 0 amide bonds. The molecular weight excluding hydrogens is 1470 g/mol. The van der Waals surface area contributed by atoms with E-state index in [-0.39, 0.29) is 167 Å². The molecule has 0 rings (SSSR count). The van der Waals surface area contributed by atoms with Crippen molar-refractivity contribution in [3.63, 3.8) is 0 Å². The van der Waals surface area contributed by atoms with Crippen LogP contribution in [-0.4, -0.2) is 31.1 Å². The maximum absolute atomic E-state index is 9.20. The van der Waals surface area contributed by atoms with Gasteiger partial charge in [-0.3, -0.25) is 0 Å². The molecule has 1 radical (unpaired) electrons. The molecule has 0 bridgehead atoms. The number of isocyanates is 1. The molecule has 0 aliphatic carbocycles. The summed E-state index contributed by atoms with van der Waals surface area (Å²) in [5.41, 5.74) is 0. The molecule has 0 aromatic carbocycles. The van der Waals surface area contributed by atoms with Crippen LogP contribution < -0.4 is 0 Å². The van der Waals surface area contributed by atoms with Gasteiger partial charge in [0, 0.05) is 147 Å². The van der Waals surface area contributed by atoms with Crippen LogP contribution in [-0.2, 0) is 28.1 Å². The molecule has 0 aromatic heterocycles. The number of aliphatic hydroxyl groups excluding tert-OH is 1. The first-order chi connectivity index (χ1) is 6.56. The van der Waals surface area contributed by atoms with E-state index >= 15 is 0 Å². The van der Waals surface area contributed by atoms with Gasteiger partial charge in [-0.05, 0) is 44.1 Å². The third kappa shape index (κ3) is 130. The molecule has 0 aliphatic rings. The van der Waals surface area contributed by atoms with Gasteiger partial charge in [-0.25, -0.2) is 4.79 Å². The summed E-state index contributed by atoms with van der Waals surface area (Å²) in [4.78, 5) is 12.1. The minimum Gasteiger partial charge on any atom is -0.403 e. The van der Waals surface area contributed by atoms with Crippen molar-refractivity contribution in [2.24, 2.45) is 4.99 Å². The van der Waals surface area contributed by atoms with Gasteiger partial charge in [0.15, 0.2) is 0 Å². The summed E-state index contributed by atoms with van der Waals surface area (Å²) < 4.78 is 10.1. The zero-order chi connectivity index (χ0) is 11.8. The summed E-state index contributed by atoms with van der Waals surface area (Å²) in [5, 5.41) is 21.9. The van der Waals surface area contributed by atoms with Gasteiger partial charge in [-0.15, -0.1) is 0 Å². The summed E-state index contributed by atoms with van der Waals surface area (Å²) in [6, 6.07) is 0. The van der Waals surface area contributed by atoms with E-state index in [9.17, 15) is 4.79 Å². The van der Waals surface area contributed by atoms with E-state index in [4.69, 9.17) is 16.8 Å². The van der Waals surface area contributed by atoms with E-state index in [0.717, 1.165) is 0 Å². The standard InChI is InChI=1S/C3H2N2O2.CH4O2.CH3.HI2P.H3P.4U.V/c4-1-7-3-5-2-6;2-1-3;;1-3-2;;;;;;/h3H2;2-3H,1H2;1H3;3H;1H3;;;;;/q;;-1;;;;;;;/i;;;3D;;;;;;. The Balaban J connectivity index is -0.00000000985. The summed E-state index contributed by atoms with van der Waals surface area (Å²) in [6.07, 6.45) is 2.53. The average Bonchev–Trinajstić information content (AvgIpc) is 2.06. The van der Waals surface area contributed by atoms with Crippen molar-refractivity contribution in [1.29, 1.82) is 6.54 Å². The molecule has 6 nitrogen and oxygen atoms in total. The van der Waals surface area contributed by atoms with Gasteiger partial charge in [-0.2, -0.15) is 20.2 Å². The monoisotopic (exact) mass is 1480 g/mol. The largest absolute Gasteiger partial charge is 0.403 e. The SMILES string of the molecule is N#COCN=C=O.OCO.P.[2H]P(I)I.[CH3-].[U].[U].[U].[U].[V]. The Morgan fingerprint density at radius 1 is 1.30 bits per heavy atom. The van der Waals surface area contributed by atoms with Crippen LogP contribution in [0.2, 0.25) is 0 Å². The predicted molar refractivity (Wildman–Crippen MR) is 82.9 cm³/mol. The Morgan fingerprint density at radius 3 is 1.70 bits per heavy atom. The molecule has 15 heteroatoms. The van der Waals surface area contributed by atoms with Crippen molar-refractivity contribution in [2.75, 3.05) is 13.5 Å². The summed E-state index contributed by atoms with van der Waals surface area (Å²) >= 11 is 4.12. The second-order valence-corrected chi connectivity index (χ2v) is 9.38. The van der Waals surface area contributed by atoms with Crippen molar-refractivity contribution >= 4 is 63.9 Å². The third-order valence-electron chi connectivity index (χ3n) is 0.258. The molecule has 0 aliphatic heterocycles. The number of halogens is 2. The third-order valence-corrected chi connectivity index (χ3v) is 0.258. The van der Waals surface area contributed by atoms with Gasteiger partial charge in [0.1, 0.15) is 6.79 Å². The topological polar surface area (TPSA) is 103 Å². The number of hydrogen-bond acceptors (Lipinski definition) is 6. The second-order valence-electron chi connectivity index (χ2n) is 0.819. The number of nitriles is 1. The second kappa shape index (κ2) is 86.0. The molecule has 0 fully saturated rings.